The van der Waals surface area contributed by atoms with Crippen LogP contribution in [0.5, 0.6) is 5.88 Å². The van der Waals surface area contributed by atoms with Crippen LogP contribution in [-0.4, -0.2) is 65.4 Å². The first kappa shape index (κ1) is 16.3. The number of aromatic nitrogens is 2. The third-order valence-electron chi connectivity index (χ3n) is 4.74. The Morgan fingerprint density at radius 2 is 1.87 bits per heavy atom. The third kappa shape index (κ3) is 4.03. The van der Waals surface area contributed by atoms with E-state index in [0.717, 1.165) is 51.4 Å². The minimum Gasteiger partial charge on any atom is -0.473 e. The number of hydrogen-bond acceptors (Lipinski definition) is 7. The molecule has 128 valence electrons. The van der Waals surface area contributed by atoms with E-state index in [2.05, 4.69) is 19.8 Å². The lowest BCUT2D eigenvalue weighted by Crippen LogP contribution is -2.47. The second-order valence-corrected chi connectivity index (χ2v) is 6.35. The van der Waals surface area contributed by atoms with Gasteiger partial charge in [0.15, 0.2) is 5.82 Å². The summed E-state index contributed by atoms with van der Waals surface area (Å²) in [7, 11) is 0. The number of rotatable bonds is 5. The molecule has 3 rings (SSSR count). The summed E-state index contributed by atoms with van der Waals surface area (Å²) in [5.41, 5.74) is 6.83. The van der Waals surface area contributed by atoms with Gasteiger partial charge in [0, 0.05) is 32.7 Å². The second kappa shape index (κ2) is 7.79. The number of anilines is 2. The minimum absolute atomic E-state index is 0.203. The number of ether oxygens (including phenoxy) is 1. The zero-order chi connectivity index (χ0) is 16.1. The molecule has 2 fully saturated rings. The largest absolute Gasteiger partial charge is 0.473 e. The highest BCUT2D eigenvalue weighted by Gasteiger charge is 2.23. The van der Waals surface area contributed by atoms with Gasteiger partial charge in [0.05, 0.1) is 6.61 Å². The van der Waals surface area contributed by atoms with Crippen LogP contribution in [0.2, 0.25) is 0 Å². The fourth-order valence-corrected chi connectivity index (χ4v) is 3.38. The molecule has 0 bridgehead atoms. The van der Waals surface area contributed by atoms with Gasteiger partial charge in [-0.15, -0.1) is 0 Å². The maximum Gasteiger partial charge on any atom is 0.242 e. The van der Waals surface area contributed by atoms with E-state index in [-0.39, 0.29) is 12.7 Å². The van der Waals surface area contributed by atoms with Crippen LogP contribution < -0.4 is 15.4 Å². The van der Waals surface area contributed by atoms with Gasteiger partial charge in [-0.2, -0.15) is 4.98 Å². The van der Waals surface area contributed by atoms with Crippen LogP contribution in [0.4, 0.5) is 11.5 Å². The molecule has 0 aromatic carbocycles. The summed E-state index contributed by atoms with van der Waals surface area (Å²) in [6.07, 6.45) is 7.67. The van der Waals surface area contributed by atoms with Crippen molar-refractivity contribution in [3.05, 3.63) is 6.33 Å². The molecule has 0 atom stereocenters. The topological polar surface area (TPSA) is 87.7 Å². The lowest BCUT2D eigenvalue weighted by atomic mass is 9.98. The molecule has 23 heavy (non-hydrogen) atoms. The van der Waals surface area contributed by atoms with Gasteiger partial charge in [0.25, 0.3) is 0 Å². The van der Waals surface area contributed by atoms with Crippen molar-refractivity contribution in [1.82, 2.24) is 14.9 Å². The quantitative estimate of drug-likeness (QED) is 0.832. The van der Waals surface area contributed by atoms with E-state index in [0.29, 0.717) is 11.6 Å². The maximum atomic E-state index is 9.03. The highest BCUT2D eigenvalue weighted by Crippen LogP contribution is 2.31. The number of nitrogens with zero attached hydrogens (tertiary/aromatic N) is 4. The molecule has 1 aliphatic heterocycles. The van der Waals surface area contributed by atoms with Crippen LogP contribution >= 0.6 is 0 Å². The molecule has 1 aromatic heterocycles. The second-order valence-electron chi connectivity index (χ2n) is 6.35. The molecule has 7 heteroatoms. The lowest BCUT2D eigenvalue weighted by Gasteiger charge is -2.35. The number of nitrogens with two attached hydrogens (primary N) is 1. The highest BCUT2D eigenvalue weighted by atomic mass is 16.5. The van der Waals surface area contributed by atoms with Crippen molar-refractivity contribution in [2.75, 3.05) is 50.0 Å². The zero-order valence-corrected chi connectivity index (χ0v) is 13.7. The van der Waals surface area contributed by atoms with Gasteiger partial charge in [0.1, 0.15) is 18.1 Å². The van der Waals surface area contributed by atoms with Gasteiger partial charge in [-0.05, 0) is 25.7 Å². The molecule has 0 unspecified atom stereocenters. The summed E-state index contributed by atoms with van der Waals surface area (Å²) in [6, 6.07) is 0. The minimum atomic E-state index is 0.203. The number of piperazine rings is 1. The van der Waals surface area contributed by atoms with Crippen molar-refractivity contribution in [1.29, 1.82) is 0 Å². The Kier molecular flexibility index (Phi) is 5.51. The Balaban J connectivity index is 1.65. The summed E-state index contributed by atoms with van der Waals surface area (Å²) >= 11 is 0. The lowest BCUT2D eigenvalue weighted by molar-refractivity contribution is 0.149. The van der Waals surface area contributed by atoms with Gasteiger partial charge in [-0.25, -0.2) is 4.98 Å². The van der Waals surface area contributed by atoms with E-state index in [9.17, 15) is 0 Å². The van der Waals surface area contributed by atoms with E-state index in [1.807, 2.05) is 0 Å². The van der Waals surface area contributed by atoms with Gasteiger partial charge < -0.3 is 20.5 Å². The average Bonchev–Trinajstić information content (AvgIpc) is 2.59. The van der Waals surface area contributed by atoms with Gasteiger partial charge in [0.2, 0.25) is 5.88 Å². The summed E-state index contributed by atoms with van der Waals surface area (Å²) in [5, 5.41) is 9.03. The number of aliphatic hydroxyl groups is 1. The number of hydrogen-bond donors (Lipinski definition) is 2. The van der Waals surface area contributed by atoms with Crippen LogP contribution in [0, 0.1) is 0 Å². The summed E-state index contributed by atoms with van der Waals surface area (Å²) in [5.74, 6) is 1.30. The van der Waals surface area contributed by atoms with E-state index < -0.39 is 0 Å². The van der Waals surface area contributed by atoms with Crippen molar-refractivity contribution in [2.45, 2.75) is 38.2 Å². The standard InChI is InChI=1S/C16H27N5O2/c17-14-15(21-8-6-20(7-9-21)10-11-22)18-12-19-16(14)23-13-4-2-1-3-5-13/h12-13,22H,1-11,17H2. The van der Waals surface area contributed by atoms with Crippen molar-refractivity contribution in [3.63, 3.8) is 0 Å². The predicted molar refractivity (Wildman–Crippen MR) is 89.7 cm³/mol. The first-order chi connectivity index (χ1) is 11.3. The van der Waals surface area contributed by atoms with E-state index in [1.54, 1.807) is 6.33 Å². The van der Waals surface area contributed by atoms with E-state index in [1.165, 1.54) is 19.3 Å². The molecular weight excluding hydrogens is 294 g/mol. The summed E-state index contributed by atoms with van der Waals surface area (Å²) in [6.45, 7) is 4.44. The monoisotopic (exact) mass is 321 g/mol. The molecule has 2 aliphatic rings. The van der Waals surface area contributed by atoms with E-state index >= 15 is 0 Å². The Morgan fingerprint density at radius 3 is 2.57 bits per heavy atom. The fourth-order valence-electron chi connectivity index (χ4n) is 3.38. The van der Waals surface area contributed by atoms with Gasteiger partial charge in [-0.3, -0.25) is 4.90 Å². The van der Waals surface area contributed by atoms with Crippen molar-refractivity contribution in [2.24, 2.45) is 0 Å². The molecule has 1 aliphatic carbocycles. The number of β-amino-alcohol motifs (C(OH)–C–C–N with tert-alkyl or cyclic N) is 1. The average molecular weight is 321 g/mol. The molecule has 3 N–H and O–H groups in total. The van der Waals surface area contributed by atoms with Crippen LogP contribution in [0.3, 0.4) is 0 Å². The van der Waals surface area contributed by atoms with Gasteiger partial charge >= 0.3 is 0 Å². The smallest absolute Gasteiger partial charge is 0.242 e. The van der Waals surface area contributed by atoms with Gasteiger partial charge in [-0.1, -0.05) is 6.42 Å². The van der Waals surface area contributed by atoms with Crippen LogP contribution in [-0.2, 0) is 0 Å². The number of aliphatic hydroxyl groups excluding tert-OH is 1. The molecule has 1 aromatic rings. The zero-order valence-electron chi connectivity index (χ0n) is 13.7. The third-order valence-corrected chi connectivity index (χ3v) is 4.74. The van der Waals surface area contributed by atoms with Crippen molar-refractivity contribution >= 4 is 11.5 Å². The van der Waals surface area contributed by atoms with Crippen LogP contribution in [0.25, 0.3) is 0 Å². The molecule has 2 heterocycles. The van der Waals surface area contributed by atoms with Crippen molar-refractivity contribution < 1.29 is 9.84 Å². The maximum absolute atomic E-state index is 9.03. The Morgan fingerprint density at radius 1 is 1.13 bits per heavy atom. The molecule has 0 amide bonds. The predicted octanol–water partition coefficient (Wildman–Crippen LogP) is 0.885. The first-order valence-corrected chi connectivity index (χ1v) is 8.63. The number of nitrogen functional groups attached to an aromatic ring is 1. The SMILES string of the molecule is Nc1c(OC2CCCCC2)ncnc1N1CCN(CCO)CC1. The first-order valence-electron chi connectivity index (χ1n) is 8.63. The Labute approximate surface area is 137 Å². The Bertz CT molecular complexity index is 499. The van der Waals surface area contributed by atoms with Crippen molar-refractivity contribution in [3.8, 4) is 5.88 Å². The molecule has 0 radical (unpaired) electrons. The molecule has 0 spiro atoms. The Hall–Kier alpha value is -1.60. The summed E-state index contributed by atoms with van der Waals surface area (Å²) < 4.78 is 6.03. The van der Waals surface area contributed by atoms with Crippen LogP contribution in [0.15, 0.2) is 6.33 Å². The fraction of sp³-hybridized carbons (Fsp3) is 0.750. The highest BCUT2D eigenvalue weighted by molar-refractivity contribution is 5.67. The normalized spacial score (nSPS) is 20.7. The molecule has 7 nitrogen and oxygen atoms in total. The summed E-state index contributed by atoms with van der Waals surface area (Å²) in [4.78, 5) is 13.0. The van der Waals surface area contributed by atoms with Crippen LogP contribution in [0.1, 0.15) is 32.1 Å². The molecular formula is C16H27N5O2. The van der Waals surface area contributed by atoms with E-state index in [4.69, 9.17) is 15.6 Å². The molecule has 1 saturated heterocycles. The molecule has 1 saturated carbocycles.